The lowest BCUT2D eigenvalue weighted by molar-refractivity contribution is 0.0668. The van der Waals surface area contributed by atoms with Gasteiger partial charge in [-0.05, 0) is 0 Å². The van der Waals surface area contributed by atoms with Gasteiger partial charge in [0.25, 0.3) is 10.1 Å². The molecule has 0 aliphatic carbocycles. The van der Waals surface area contributed by atoms with Crippen LogP contribution in [0.4, 0.5) is 0 Å². The summed E-state index contributed by atoms with van der Waals surface area (Å²) in [5.41, 5.74) is 0. The van der Waals surface area contributed by atoms with Crippen LogP contribution in [0, 0.1) is 0 Å². The molecule has 0 aliphatic heterocycles. The molecule has 0 aromatic carbocycles. The molecule has 6 heteroatoms. The zero-order chi connectivity index (χ0) is 10.2. The first kappa shape index (κ1) is 12.4. The Bertz CT molecular complexity index is 221. The Labute approximate surface area is 78.4 Å². The SMILES string of the molecule is C=COCCOCCOS(C)(=O)=O. The number of rotatable bonds is 8. The molecule has 0 aromatic rings. The van der Waals surface area contributed by atoms with E-state index in [0.29, 0.717) is 13.2 Å². The van der Waals surface area contributed by atoms with Crippen molar-refractivity contribution < 1.29 is 22.1 Å². The highest BCUT2D eigenvalue weighted by Gasteiger charge is 1.99. The van der Waals surface area contributed by atoms with Crippen LogP contribution >= 0.6 is 0 Å². The van der Waals surface area contributed by atoms with E-state index in [1.54, 1.807) is 0 Å². The summed E-state index contributed by atoms with van der Waals surface area (Å²) in [4.78, 5) is 0. The van der Waals surface area contributed by atoms with E-state index in [0.717, 1.165) is 6.26 Å². The zero-order valence-electron chi connectivity index (χ0n) is 7.56. The summed E-state index contributed by atoms with van der Waals surface area (Å²) < 4.78 is 35.1. The first-order valence-electron chi connectivity index (χ1n) is 3.71. The second kappa shape index (κ2) is 6.88. The van der Waals surface area contributed by atoms with Gasteiger partial charge >= 0.3 is 0 Å². The molecular formula is C7H14O5S. The van der Waals surface area contributed by atoms with Crippen molar-refractivity contribution in [3.05, 3.63) is 12.8 Å². The first-order chi connectivity index (χ1) is 6.06. The van der Waals surface area contributed by atoms with Gasteiger partial charge in [-0.25, -0.2) is 0 Å². The van der Waals surface area contributed by atoms with E-state index in [9.17, 15) is 8.42 Å². The number of hydrogen-bond acceptors (Lipinski definition) is 5. The van der Waals surface area contributed by atoms with Crippen LogP contribution in [0.2, 0.25) is 0 Å². The Morgan fingerprint density at radius 3 is 2.38 bits per heavy atom. The number of ether oxygens (including phenoxy) is 2. The Morgan fingerprint density at radius 1 is 1.23 bits per heavy atom. The van der Waals surface area contributed by atoms with E-state index < -0.39 is 10.1 Å². The fourth-order valence-corrected chi connectivity index (χ4v) is 0.908. The minimum atomic E-state index is -3.35. The molecule has 0 fully saturated rings. The summed E-state index contributed by atoms with van der Waals surface area (Å²) in [7, 11) is -3.35. The topological polar surface area (TPSA) is 61.8 Å². The molecule has 0 N–H and O–H groups in total. The molecule has 0 aromatic heterocycles. The van der Waals surface area contributed by atoms with Crippen molar-refractivity contribution in [3.8, 4) is 0 Å². The maximum atomic E-state index is 10.5. The maximum absolute atomic E-state index is 10.5. The molecule has 0 atom stereocenters. The Hall–Kier alpha value is -0.590. The standard InChI is InChI=1S/C7H14O5S/c1-3-10-4-5-11-6-7-12-13(2,8)9/h3H,1,4-7H2,2H3. The highest BCUT2D eigenvalue weighted by atomic mass is 32.2. The molecule has 78 valence electrons. The predicted molar refractivity (Wildman–Crippen MR) is 47.8 cm³/mol. The Balaban J connectivity index is 3.13. The van der Waals surface area contributed by atoms with E-state index in [1.165, 1.54) is 6.26 Å². The summed E-state index contributed by atoms with van der Waals surface area (Å²) in [6, 6.07) is 0. The van der Waals surface area contributed by atoms with E-state index in [2.05, 4.69) is 10.8 Å². The third kappa shape index (κ3) is 11.4. The van der Waals surface area contributed by atoms with Gasteiger partial charge in [0.15, 0.2) is 0 Å². The van der Waals surface area contributed by atoms with E-state index in [-0.39, 0.29) is 13.2 Å². The number of hydrogen-bond donors (Lipinski definition) is 0. The van der Waals surface area contributed by atoms with Crippen LogP contribution in [0.3, 0.4) is 0 Å². The first-order valence-corrected chi connectivity index (χ1v) is 5.52. The quantitative estimate of drug-likeness (QED) is 0.324. The normalized spacial score (nSPS) is 11.2. The average molecular weight is 210 g/mol. The second-order valence-electron chi connectivity index (χ2n) is 2.18. The predicted octanol–water partition coefficient (Wildman–Crippen LogP) is 0.139. The van der Waals surface area contributed by atoms with Crippen LogP contribution in [0.25, 0.3) is 0 Å². The van der Waals surface area contributed by atoms with Gasteiger partial charge in [0.2, 0.25) is 0 Å². The van der Waals surface area contributed by atoms with Gasteiger partial charge < -0.3 is 9.47 Å². The summed E-state index contributed by atoms with van der Waals surface area (Å²) >= 11 is 0. The van der Waals surface area contributed by atoms with Crippen LogP contribution in [0.1, 0.15) is 0 Å². The van der Waals surface area contributed by atoms with Gasteiger partial charge in [-0.2, -0.15) is 8.42 Å². The molecule has 5 nitrogen and oxygen atoms in total. The van der Waals surface area contributed by atoms with Gasteiger partial charge in [0.1, 0.15) is 6.61 Å². The van der Waals surface area contributed by atoms with E-state index >= 15 is 0 Å². The summed E-state index contributed by atoms with van der Waals surface area (Å²) in [5, 5.41) is 0. The molecule has 0 heterocycles. The van der Waals surface area contributed by atoms with Crippen molar-refractivity contribution >= 4 is 10.1 Å². The smallest absolute Gasteiger partial charge is 0.264 e. The van der Waals surface area contributed by atoms with Crippen LogP contribution in [0.5, 0.6) is 0 Å². The third-order valence-corrected chi connectivity index (χ3v) is 1.58. The Morgan fingerprint density at radius 2 is 1.85 bits per heavy atom. The Kier molecular flexibility index (Phi) is 6.56. The van der Waals surface area contributed by atoms with Crippen molar-refractivity contribution in [2.24, 2.45) is 0 Å². The molecule has 0 radical (unpaired) electrons. The van der Waals surface area contributed by atoms with Crippen molar-refractivity contribution in [2.75, 3.05) is 32.7 Å². The van der Waals surface area contributed by atoms with Crippen molar-refractivity contribution in [1.82, 2.24) is 0 Å². The second-order valence-corrected chi connectivity index (χ2v) is 3.82. The molecule has 0 aliphatic rings. The monoisotopic (exact) mass is 210 g/mol. The highest BCUT2D eigenvalue weighted by Crippen LogP contribution is 1.86. The lowest BCUT2D eigenvalue weighted by Gasteiger charge is -2.03. The van der Waals surface area contributed by atoms with Gasteiger partial charge in [0, 0.05) is 0 Å². The lowest BCUT2D eigenvalue weighted by Crippen LogP contribution is -2.11. The van der Waals surface area contributed by atoms with Crippen molar-refractivity contribution in [1.29, 1.82) is 0 Å². The molecule has 13 heavy (non-hydrogen) atoms. The average Bonchev–Trinajstić information content (AvgIpc) is 2.01. The molecule has 0 amide bonds. The van der Waals surface area contributed by atoms with Crippen LogP contribution in [-0.2, 0) is 23.8 Å². The maximum Gasteiger partial charge on any atom is 0.264 e. The summed E-state index contributed by atoms with van der Waals surface area (Å²) in [6.07, 6.45) is 2.31. The van der Waals surface area contributed by atoms with Crippen molar-refractivity contribution in [2.45, 2.75) is 0 Å². The van der Waals surface area contributed by atoms with E-state index in [4.69, 9.17) is 9.47 Å². The lowest BCUT2D eigenvalue weighted by atomic mass is 10.7. The van der Waals surface area contributed by atoms with Crippen LogP contribution in [0.15, 0.2) is 12.8 Å². The molecule has 0 spiro atoms. The van der Waals surface area contributed by atoms with Gasteiger partial charge in [0.05, 0.1) is 32.3 Å². The molecule has 0 unspecified atom stereocenters. The molecule has 0 rings (SSSR count). The fourth-order valence-electron chi connectivity index (χ4n) is 0.537. The van der Waals surface area contributed by atoms with E-state index in [1.807, 2.05) is 0 Å². The molecular weight excluding hydrogens is 196 g/mol. The van der Waals surface area contributed by atoms with Crippen molar-refractivity contribution in [3.63, 3.8) is 0 Å². The molecule has 0 saturated heterocycles. The highest BCUT2D eigenvalue weighted by molar-refractivity contribution is 7.85. The van der Waals surface area contributed by atoms with Gasteiger partial charge in [-0.3, -0.25) is 4.18 Å². The largest absolute Gasteiger partial charge is 0.499 e. The van der Waals surface area contributed by atoms with Crippen LogP contribution in [-0.4, -0.2) is 41.1 Å². The van der Waals surface area contributed by atoms with Gasteiger partial charge in [-0.15, -0.1) is 0 Å². The molecule has 0 bridgehead atoms. The minimum absolute atomic E-state index is 0.0346. The fraction of sp³-hybridized carbons (Fsp3) is 0.714. The van der Waals surface area contributed by atoms with Gasteiger partial charge in [-0.1, -0.05) is 6.58 Å². The summed E-state index contributed by atoms with van der Waals surface area (Å²) in [5.74, 6) is 0. The zero-order valence-corrected chi connectivity index (χ0v) is 8.38. The molecule has 0 saturated carbocycles. The third-order valence-electron chi connectivity index (χ3n) is 0.988. The van der Waals surface area contributed by atoms with Crippen LogP contribution < -0.4 is 0 Å². The minimum Gasteiger partial charge on any atom is -0.499 e. The summed E-state index contributed by atoms with van der Waals surface area (Å²) in [6.45, 7) is 4.40.